The first-order chi connectivity index (χ1) is 14.5. The zero-order chi connectivity index (χ0) is 21.3. The van der Waals surface area contributed by atoms with Crippen LogP contribution in [0.25, 0.3) is 0 Å². The van der Waals surface area contributed by atoms with Crippen LogP contribution < -0.4 is 14.8 Å². The number of halogens is 2. The first kappa shape index (κ1) is 21.7. The lowest BCUT2D eigenvalue weighted by molar-refractivity contribution is -0.134. The third kappa shape index (κ3) is 6.51. The number of amides is 1. The Labute approximate surface area is 184 Å². The van der Waals surface area contributed by atoms with E-state index >= 15 is 0 Å². The van der Waals surface area contributed by atoms with Crippen molar-refractivity contribution < 1.29 is 19.1 Å². The first-order valence-corrected chi connectivity index (χ1v) is 10.0. The van der Waals surface area contributed by atoms with Crippen molar-refractivity contribution in [1.29, 1.82) is 0 Å². The van der Waals surface area contributed by atoms with Crippen LogP contribution in [0.15, 0.2) is 72.8 Å². The topological polar surface area (TPSA) is 64.6 Å². The Morgan fingerprint density at radius 2 is 1.63 bits per heavy atom. The maximum absolute atomic E-state index is 12.2. The van der Waals surface area contributed by atoms with Gasteiger partial charge in [0.05, 0.1) is 11.6 Å². The fourth-order valence-electron chi connectivity index (χ4n) is 2.57. The molecular formula is C23H19Cl2NO4. The highest BCUT2D eigenvalue weighted by atomic mass is 35.5. The highest BCUT2D eigenvalue weighted by Crippen LogP contribution is 2.27. The van der Waals surface area contributed by atoms with Crippen molar-refractivity contribution in [1.82, 2.24) is 0 Å². The van der Waals surface area contributed by atoms with E-state index in [2.05, 4.69) is 5.32 Å². The molecule has 0 radical (unpaired) electrons. The standard InChI is InChI=1S/C23H19Cl2NO4/c24-17-10-13-21(20(25)15-17)29-14-4-7-22(27)30-19-11-8-16(9-12-19)23(28)26-18-5-2-1-3-6-18/h1-3,5-6,8-13,15H,4,7,14H2,(H,26,28). The van der Waals surface area contributed by atoms with Gasteiger partial charge in [-0.3, -0.25) is 9.59 Å². The van der Waals surface area contributed by atoms with Gasteiger partial charge in [-0.25, -0.2) is 0 Å². The van der Waals surface area contributed by atoms with Gasteiger partial charge >= 0.3 is 5.97 Å². The lowest BCUT2D eigenvalue weighted by Crippen LogP contribution is -2.12. The maximum atomic E-state index is 12.2. The third-order valence-electron chi connectivity index (χ3n) is 4.06. The minimum absolute atomic E-state index is 0.182. The van der Waals surface area contributed by atoms with Gasteiger partial charge in [-0.2, -0.15) is 0 Å². The Morgan fingerprint density at radius 3 is 2.33 bits per heavy atom. The molecule has 154 valence electrons. The fraction of sp³-hybridized carbons (Fsp3) is 0.130. The first-order valence-electron chi connectivity index (χ1n) is 9.26. The number of benzene rings is 3. The van der Waals surface area contributed by atoms with E-state index in [1.54, 1.807) is 54.6 Å². The van der Waals surface area contributed by atoms with Crippen molar-refractivity contribution in [3.05, 3.63) is 88.4 Å². The molecule has 0 saturated heterocycles. The van der Waals surface area contributed by atoms with E-state index in [-0.39, 0.29) is 18.3 Å². The molecule has 3 aromatic rings. The SMILES string of the molecule is O=C(CCCOc1ccc(Cl)cc1Cl)Oc1ccc(C(=O)Nc2ccccc2)cc1. The molecular weight excluding hydrogens is 425 g/mol. The summed E-state index contributed by atoms with van der Waals surface area (Å²) in [6, 6.07) is 20.5. The molecule has 0 spiro atoms. The number of hydrogen-bond donors (Lipinski definition) is 1. The van der Waals surface area contributed by atoms with Gasteiger partial charge in [0.1, 0.15) is 11.5 Å². The summed E-state index contributed by atoms with van der Waals surface area (Å²) in [4.78, 5) is 24.2. The molecule has 1 amide bonds. The quantitative estimate of drug-likeness (QED) is 0.263. The van der Waals surface area contributed by atoms with E-state index in [4.69, 9.17) is 32.7 Å². The summed E-state index contributed by atoms with van der Waals surface area (Å²) < 4.78 is 10.8. The Morgan fingerprint density at radius 1 is 0.900 bits per heavy atom. The number of anilines is 1. The molecule has 5 nitrogen and oxygen atoms in total. The van der Waals surface area contributed by atoms with Crippen LogP contribution in [0.1, 0.15) is 23.2 Å². The van der Waals surface area contributed by atoms with E-state index < -0.39 is 0 Å². The summed E-state index contributed by atoms with van der Waals surface area (Å²) in [6.07, 6.45) is 0.650. The minimum atomic E-state index is -0.387. The second-order valence-corrected chi connectivity index (χ2v) is 7.19. The highest BCUT2D eigenvalue weighted by molar-refractivity contribution is 6.35. The van der Waals surface area contributed by atoms with E-state index in [1.807, 2.05) is 18.2 Å². The van der Waals surface area contributed by atoms with Crippen molar-refractivity contribution in [2.24, 2.45) is 0 Å². The lowest BCUT2D eigenvalue weighted by atomic mass is 10.2. The molecule has 0 bridgehead atoms. The Hall–Kier alpha value is -3.02. The number of nitrogens with one attached hydrogen (secondary N) is 1. The summed E-state index contributed by atoms with van der Waals surface area (Å²) in [6.45, 7) is 0.315. The van der Waals surface area contributed by atoms with Crippen LogP contribution in [0.3, 0.4) is 0 Å². The highest BCUT2D eigenvalue weighted by Gasteiger charge is 2.09. The normalized spacial score (nSPS) is 10.3. The summed E-state index contributed by atoms with van der Waals surface area (Å²) in [7, 11) is 0. The van der Waals surface area contributed by atoms with Gasteiger partial charge in [-0.15, -0.1) is 0 Å². The van der Waals surface area contributed by atoms with E-state index in [9.17, 15) is 9.59 Å². The maximum Gasteiger partial charge on any atom is 0.311 e. The summed E-state index contributed by atoms with van der Waals surface area (Å²) in [5, 5.41) is 3.74. The molecule has 3 rings (SSSR count). The van der Waals surface area contributed by atoms with Gasteiger partial charge in [0, 0.05) is 22.7 Å². The average molecular weight is 444 g/mol. The monoisotopic (exact) mass is 443 g/mol. The molecule has 3 aromatic carbocycles. The van der Waals surface area contributed by atoms with Crippen LogP contribution in [-0.2, 0) is 4.79 Å². The minimum Gasteiger partial charge on any atom is -0.492 e. The van der Waals surface area contributed by atoms with Crippen LogP contribution in [0.5, 0.6) is 11.5 Å². The number of esters is 1. The number of carbonyl (C=O) groups excluding carboxylic acids is 2. The molecule has 0 aromatic heterocycles. The Balaban J connectivity index is 1.42. The molecule has 0 atom stereocenters. The zero-order valence-electron chi connectivity index (χ0n) is 15.9. The molecule has 7 heteroatoms. The number of rotatable bonds is 8. The molecule has 0 unspecified atom stereocenters. The van der Waals surface area contributed by atoms with Crippen molar-refractivity contribution in [2.45, 2.75) is 12.8 Å². The molecule has 0 aliphatic carbocycles. The van der Waals surface area contributed by atoms with Crippen molar-refractivity contribution in [3.63, 3.8) is 0 Å². The van der Waals surface area contributed by atoms with Gasteiger partial charge < -0.3 is 14.8 Å². The van der Waals surface area contributed by atoms with Crippen molar-refractivity contribution in [2.75, 3.05) is 11.9 Å². The van der Waals surface area contributed by atoms with Crippen LogP contribution in [0, 0.1) is 0 Å². The summed E-state index contributed by atoms with van der Waals surface area (Å²) in [5.74, 6) is 0.260. The molecule has 0 heterocycles. The van der Waals surface area contributed by atoms with Gasteiger partial charge in [0.2, 0.25) is 0 Å². The molecule has 0 saturated carbocycles. The van der Waals surface area contributed by atoms with Gasteiger partial charge in [0.15, 0.2) is 0 Å². The Kier molecular flexibility index (Phi) is 7.71. The second kappa shape index (κ2) is 10.7. The zero-order valence-corrected chi connectivity index (χ0v) is 17.5. The van der Waals surface area contributed by atoms with E-state index in [0.29, 0.717) is 45.8 Å². The molecule has 30 heavy (non-hydrogen) atoms. The van der Waals surface area contributed by atoms with Crippen LogP contribution in [0.2, 0.25) is 10.0 Å². The Bertz CT molecular complexity index is 1010. The van der Waals surface area contributed by atoms with Crippen molar-refractivity contribution >= 4 is 40.8 Å². The predicted octanol–water partition coefficient (Wildman–Crippen LogP) is 6.01. The summed E-state index contributed by atoms with van der Waals surface area (Å²) in [5.41, 5.74) is 1.17. The van der Waals surface area contributed by atoms with E-state index in [0.717, 1.165) is 0 Å². The summed E-state index contributed by atoms with van der Waals surface area (Å²) >= 11 is 11.9. The van der Waals surface area contributed by atoms with E-state index in [1.165, 1.54) is 0 Å². The second-order valence-electron chi connectivity index (χ2n) is 6.35. The predicted molar refractivity (Wildman–Crippen MR) is 118 cm³/mol. The average Bonchev–Trinajstić information content (AvgIpc) is 2.73. The number of carbonyl (C=O) groups is 2. The molecule has 1 N–H and O–H groups in total. The number of hydrogen-bond acceptors (Lipinski definition) is 4. The number of para-hydroxylation sites is 1. The largest absolute Gasteiger partial charge is 0.492 e. The van der Waals surface area contributed by atoms with Gasteiger partial charge in [-0.1, -0.05) is 41.4 Å². The lowest BCUT2D eigenvalue weighted by Gasteiger charge is -2.09. The van der Waals surface area contributed by atoms with Crippen molar-refractivity contribution in [3.8, 4) is 11.5 Å². The van der Waals surface area contributed by atoms with Crippen LogP contribution >= 0.6 is 23.2 Å². The smallest absolute Gasteiger partial charge is 0.311 e. The molecule has 0 fully saturated rings. The van der Waals surface area contributed by atoms with Crippen LogP contribution in [0.4, 0.5) is 5.69 Å². The molecule has 0 aliphatic heterocycles. The van der Waals surface area contributed by atoms with Gasteiger partial charge in [-0.05, 0) is 61.0 Å². The third-order valence-corrected chi connectivity index (χ3v) is 4.59. The molecule has 0 aliphatic rings. The van der Waals surface area contributed by atoms with Crippen LogP contribution in [-0.4, -0.2) is 18.5 Å². The fourth-order valence-corrected chi connectivity index (χ4v) is 3.04. The van der Waals surface area contributed by atoms with Gasteiger partial charge in [0.25, 0.3) is 5.91 Å². The number of ether oxygens (including phenoxy) is 2.